The molecule has 19 heavy (non-hydrogen) atoms. The standard InChI is InChI=1S/C16H22O3/c1-4-6-11-19-15-10-9-14(8-7-13(3)17)12-16(15)18-5-2/h7-10,12H,4-6,11H2,1-3H3/b8-7+. The normalized spacial score (nSPS) is 10.7. The van der Waals surface area contributed by atoms with Crippen molar-refractivity contribution in [3.05, 3.63) is 29.8 Å². The Bertz CT molecular complexity index is 436. The minimum atomic E-state index is 0.0289. The highest BCUT2D eigenvalue weighted by Crippen LogP contribution is 2.29. The van der Waals surface area contributed by atoms with Gasteiger partial charge in [0.2, 0.25) is 0 Å². The summed E-state index contributed by atoms with van der Waals surface area (Å²) >= 11 is 0. The predicted octanol–water partition coefficient (Wildman–Crippen LogP) is 3.87. The summed E-state index contributed by atoms with van der Waals surface area (Å²) in [6.45, 7) is 6.88. The van der Waals surface area contributed by atoms with Crippen molar-refractivity contribution >= 4 is 11.9 Å². The second-order valence-electron chi connectivity index (χ2n) is 4.29. The molecule has 0 aromatic heterocycles. The first kappa shape index (κ1) is 15.3. The third-order valence-corrected chi connectivity index (χ3v) is 2.53. The van der Waals surface area contributed by atoms with Crippen molar-refractivity contribution in [3.8, 4) is 11.5 Å². The van der Waals surface area contributed by atoms with Gasteiger partial charge in [0, 0.05) is 0 Å². The number of carbonyl (C=O) groups excluding carboxylic acids is 1. The van der Waals surface area contributed by atoms with Crippen LogP contribution in [0.15, 0.2) is 24.3 Å². The Balaban J connectivity index is 2.84. The fourth-order valence-electron chi connectivity index (χ4n) is 1.56. The molecule has 0 amide bonds. The maximum atomic E-state index is 10.9. The van der Waals surface area contributed by atoms with E-state index in [1.807, 2.05) is 25.1 Å². The molecule has 0 saturated carbocycles. The van der Waals surface area contributed by atoms with Crippen molar-refractivity contribution in [1.29, 1.82) is 0 Å². The number of ether oxygens (including phenoxy) is 2. The molecule has 0 heterocycles. The van der Waals surface area contributed by atoms with Crippen LogP contribution in [0.25, 0.3) is 6.08 Å². The zero-order valence-corrected chi connectivity index (χ0v) is 11.9. The molecule has 0 saturated heterocycles. The zero-order valence-electron chi connectivity index (χ0n) is 11.9. The molecule has 0 bridgehead atoms. The molecule has 3 heteroatoms. The van der Waals surface area contributed by atoms with Gasteiger partial charge in [0.05, 0.1) is 13.2 Å². The van der Waals surface area contributed by atoms with Gasteiger partial charge < -0.3 is 9.47 Å². The molecule has 0 aliphatic rings. The Morgan fingerprint density at radius 2 is 2.00 bits per heavy atom. The van der Waals surface area contributed by atoms with Crippen LogP contribution in [0.1, 0.15) is 39.2 Å². The van der Waals surface area contributed by atoms with Gasteiger partial charge in [-0.3, -0.25) is 4.79 Å². The summed E-state index contributed by atoms with van der Waals surface area (Å²) < 4.78 is 11.3. The number of benzene rings is 1. The summed E-state index contributed by atoms with van der Waals surface area (Å²) in [6, 6.07) is 5.70. The molecule has 1 aromatic carbocycles. The number of hydrogen-bond donors (Lipinski definition) is 0. The highest BCUT2D eigenvalue weighted by molar-refractivity contribution is 5.91. The summed E-state index contributed by atoms with van der Waals surface area (Å²) in [4.78, 5) is 10.9. The number of carbonyl (C=O) groups is 1. The predicted molar refractivity (Wildman–Crippen MR) is 77.7 cm³/mol. The molecular weight excluding hydrogens is 240 g/mol. The Kier molecular flexibility index (Phi) is 6.72. The average molecular weight is 262 g/mol. The highest BCUT2D eigenvalue weighted by Gasteiger charge is 2.05. The van der Waals surface area contributed by atoms with Crippen molar-refractivity contribution in [2.45, 2.75) is 33.6 Å². The first-order valence-corrected chi connectivity index (χ1v) is 6.75. The van der Waals surface area contributed by atoms with E-state index in [9.17, 15) is 4.79 Å². The number of hydrogen-bond acceptors (Lipinski definition) is 3. The Labute approximate surface area is 115 Å². The SMILES string of the molecule is CCCCOc1ccc(/C=C/C(C)=O)cc1OCC. The summed E-state index contributed by atoms with van der Waals surface area (Å²) in [5.74, 6) is 1.51. The monoisotopic (exact) mass is 262 g/mol. The largest absolute Gasteiger partial charge is 0.490 e. The van der Waals surface area contributed by atoms with Crippen LogP contribution in [0.3, 0.4) is 0 Å². The van der Waals surface area contributed by atoms with Gasteiger partial charge >= 0.3 is 0 Å². The van der Waals surface area contributed by atoms with Gasteiger partial charge in [-0.2, -0.15) is 0 Å². The molecule has 3 nitrogen and oxygen atoms in total. The quantitative estimate of drug-likeness (QED) is 0.527. The average Bonchev–Trinajstić information content (AvgIpc) is 2.39. The van der Waals surface area contributed by atoms with Crippen LogP contribution in [-0.4, -0.2) is 19.0 Å². The summed E-state index contributed by atoms with van der Waals surface area (Å²) in [5, 5.41) is 0. The highest BCUT2D eigenvalue weighted by atomic mass is 16.5. The van der Waals surface area contributed by atoms with E-state index < -0.39 is 0 Å². The smallest absolute Gasteiger partial charge is 0.161 e. The van der Waals surface area contributed by atoms with Crippen molar-refractivity contribution in [1.82, 2.24) is 0 Å². The first-order valence-electron chi connectivity index (χ1n) is 6.75. The van der Waals surface area contributed by atoms with Crippen molar-refractivity contribution in [2.75, 3.05) is 13.2 Å². The molecule has 0 unspecified atom stereocenters. The van der Waals surface area contributed by atoms with Crippen LogP contribution in [-0.2, 0) is 4.79 Å². The third-order valence-electron chi connectivity index (χ3n) is 2.53. The van der Waals surface area contributed by atoms with Crippen LogP contribution < -0.4 is 9.47 Å². The second-order valence-corrected chi connectivity index (χ2v) is 4.29. The molecule has 0 aliphatic heterocycles. The molecule has 104 valence electrons. The Morgan fingerprint density at radius 3 is 2.63 bits per heavy atom. The molecule has 0 spiro atoms. The fraction of sp³-hybridized carbons (Fsp3) is 0.438. The molecule has 1 rings (SSSR count). The number of unbranched alkanes of at least 4 members (excludes halogenated alkanes) is 1. The second kappa shape index (κ2) is 8.35. The summed E-state index contributed by atoms with van der Waals surface area (Å²) in [5.41, 5.74) is 0.932. The van der Waals surface area contributed by atoms with Crippen molar-refractivity contribution < 1.29 is 14.3 Å². The molecule has 0 atom stereocenters. The minimum Gasteiger partial charge on any atom is -0.490 e. The van der Waals surface area contributed by atoms with Crippen molar-refractivity contribution in [3.63, 3.8) is 0 Å². The van der Waals surface area contributed by atoms with Gasteiger partial charge in [-0.15, -0.1) is 0 Å². The van der Waals surface area contributed by atoms with E-state index in [1.54, 1.807) is 12.2 Å². The van der Waals surface area contributed by atoms with Crippen LogP contribution in [0, 0.1) is 0 Å². The topological polar surface area (TPSA) is 35.5 Å². The minimum absolute atomic E-state index is 0.0289. The zero-order chi connectivity index (χ0) is 14.1. The van der Waals surface area contributed by atoms with Gasteiger partial charge in [-0.05, 0) is 44.0 Å². The molecule has 1 aromatic rings. The third kappa shape index (κ3) is 5.60. The lowest BCUT2D eigenvalue weighted by Gasteiger charge is -2.12. The van der Waals surface area contributed by atoms with Crippen LogP contribution in [0.4, 0.5) is 0 Å². The van der Waals surface area contributed by atoms with Crippen LogP contribution >= 0.6 is 0 Å². The number of ketones is 1. The molecule has 0 fully saturated rings. The van der Waals surface area contributed by atoms with E-state index in [-0.39, 0.29) is 5.78 Å². The lowest BCUT2D eigenvalue weighted by molar-refractivity contribution is -0.112. The first-order chi connectivity index (χ1) is 9.17. The Morgan fingerprint density at radius 1 is 1.21 bits per heavy atom. The van der Waals surface area contributed by atoms with Gasteiger partial charge in [-0.1, -0.05) is 25.5 Å². The van der Waals surface area contributed by atoms with E-state index in [0.717, 1.165) is 29.9 Å². The van der Waals surface area contributed by atoms with Crippen molar-refractivity contribution in [2.24, 2.45) is 0 Å². The molecular formula is C16H22O3. The van der Waals surface area contributed by atoms with Gasteiger partial charge in [0.1, 0.15) is 0 Å². The van der Waals surface area contributed by atoms with Gasteiger partial charge in [-0.25, -0.2) is 0 Å². The molecule has 0 aliphatic carbocycles. The fourth-order valence-corrected chi connectivity index (χ4v) is 1.56. The van der Waals surface area contributed by atoms with E-state index in [4.69, 9.17) is 9.47 Å². The molecule has 0 N–H and O–H groups in total. The molecule has 0 radical (unpaired) electrons. The van der Waals surface area contributed by atoms with Crippen LogP contribution in [0.2, 0.25) is 0 Å². The van der Waals surface area contributed by atoms with E-state index in [2.05, 4.69) is 6.92 Å². The van der Waals surface area contributed by atoms with Gasteiger partial charge in [0.25, 0.3) is 0 Å². The van der Waals surface area contributed by atoms with E-state index in [0.29, 0.717) is 13.2 Å². The van der Waals surface area contributed by atoms with E-state index in [1.165, 1.54) is 6.92 Å². The lowest BCUT2D eigenvalue weighted by atomic mass is 10.1. The van der Waals surface area contributed by atoms with Crippen LogP contribution in [0.5, 0.6) is 11.5 Å². The number of allylic oxidation sites excluding steroid dienone is 1. The van der Waals surface area contributed by atoms with Gasteiger partial charge in [0.15, 0.2) is 17.3 Å². The van der Waals surface area contributed by atoms with E-state index >= 15 is 0 Å². The summed E-state index contributed by atoms with van der Waals surface area (Å²) in [6.07, 6.45) is 5.45. The maximum absolute atomic E-state index is 10.9. The lowest BCUT2D eigenvalue weighted by Crippen LogP contribution is -2.00. The summed E-state index contributed by atoms with van der Waals surface area (Å²) in [7, 11) is 0. The maximum Gasteiger partial charge on any atom is 0.161 e. The number of rotatable bonds is 8. The Hall–Kier alpha value is -1.77.